The first-order valence-electron chi connectivity index (χ1n) is 7.80. The minimum atomic E-state index is -4.81. The summed E-state index contributed by atoms with van der Waals surface area (Å²) < 4.78 is 42.8. The summed E-state index contributed by atoms with van der Waals surface area (Å²) >= 11 is 0. The quantitative estimate of drug-likeness (QED) is 0.557. The van der Waals surface area contributed by atoms with Crippen molar-refractivity contribution in [3.05, 3.63) is 33.9 Å². The zero-order chi connectivity index (χ0) is 20.2. The van der Waals surface area contributed by atoms with Gasteiger partial charge in [0.15, 0.2) is 0 Å². The summed E-state index contributed by atoms with van der Waals surface area (Å²) in [5.41, 5.74) is -0.772. The fraction of sp³-hybridized carbons (Fsp3) is 0.467. The number of halogens is 3. The predicted octanol–water partition coefficient (Wildman–Crippen LogP) is 1.57. The Morgan fingerprint density at radius 2 is 1.96 bits per heavy atom. The Morgan fingerprint density at radius 1 is 1.33 bits per heavy atom. The van der Waals surface area contributed by atoms with Crippen LogP contribution >= 0.6 is 0 Å². The van der Waals surface area contributed by atoms with E-state index in [4.69, 9.17) is 9.84 Å². The average Bonchev–Trinajstić information content (AvgIpc) is 2.59. The number of carboxylic acids is 1. The molecule has 9 nitrogen and oxygen atoms in total. The van der Waals surface area contributed by atoms with Crippen LogP contribution in [0.5, 0.6) is 0 Å². The SMILES string of the molecule is O=C(NC(CC(F)(F)F)C(=O)O)c1cccc([N+](=O)[O-])c1N1CCOCC1. The van der Waals surface area contributed by atoms with Crippen LogP contribution in [0.2, 0.25) is 0 Å². The number of benzene rings is 1. The van der Waals surface area contributed by atoms with Crippen molar-refractivity contribution in [1.82, 2.24) is 5.32 Å². The first-order chi connectivity index (χ1) is 12.6. The van der Waals surface area contributed by atoms with E-state index in [0.717, 1.165) is 6.07 Å². The lowest BCUT2D eigenvalue weighted by Gasteiger charge is -2.30. The number of nitrogens with zero attached hydrogens (tertiary/aromatic N) is 2. The minimum absolute atomic E-state index is 0.0838. The van der Waals surface area contributed by atoms with E-state index in [2.05, 4.69) is 0 Å². The second kappa shape index (κ2) is 8.20. The van der Waals surface area contributed by atoms with Gasteiger partial charge in [-0.05, 0) is 6.07 Å². The van der Waals surface area contributed by atoms with Crippen molar-refractivity contribution < 1.29 is 37.5 Å². The third-order valence-electron chi connectivity index (χ3n) is 3.82. The Kier molecular flexibility index (Phi) is 6.20. The van der Waals surface area contributed by atoms with Crippen LogP contribution in [0.1, 0.15) is 16.8 Å². The summed E-state index contributed by atoms with van der Waals surface area (Å²) in [6.45, 7) is 0.962. The number of alkyl halides is 3. The normalized spacial score (nSPS) is 15.9. The number of anilines is 1. The fourth-order valence-corrected chi connectivity index (χ4v) is 2.65. The molecule has 1 aliphatic heterocycles. The number of rotatable bonds is 6. The van der Waals surface area contributed by atoms with Gasteiger partial charge in [-0.3, -0.25) is 14.9 Å². The van der Waals surface area contributed by atoms with E-state index < -0.39 is 41.1 Å². The first kappa shape index (κ1) is 20.4. The Hall–Kier alpha value is -2.89. The third-order valence-corrected chi connectivity index (χ3v) is 3.82. The number of hydrogen-bond donors (Lipinski definition) is 2. The average molecular weight is 391 g/mol. The third kappa shape index (κ3) is 5.29. The highest BCUT2D eigenvalue weighted by Gasteiger charge is 2.37. The first-order valence-corrected chi connectivity index (χ1v) is 7.80. The Morgan fingerprint density at radius 3 is 2.48 bits per heavy atom. The summed E-state index contributed by atoms with van der Waals surface area (Å²) in [5, 5.41) is 22.1. The van der Waals surface area contributed by atoms with Gasteiger partial charge in [-0.2, -0.15) is 13.2 Å². The van der Waals surface area contributed by atoms with Gasteiger partial charge in [0.05, 0.1) is 30.1 Å². The number of aliphatic carboxylic acids is 1. The predicted molar refractivity (Wildman–Crippen MR) is 85.7 cm³/mol. The maximum Gasteiger partial charge on any atom is 0.391 e. The van der Waals surface area contributed by atoms with Crippen LogP contribution in [0.4, 0.5) is 24.5 Å². The number of nitrogens with one attached hydrogen (secondary N) is 1. The molecule has 1 aromatic rings. The van der Waals surface area contributed by atoms with Crippen LogP contribution in [-0.2, 0) is 9.53 Å². The lowest BCUT2D eigenvalue weighted by atomic mass is 10.1. The van der Waals surface area contributed by atoms with Crippen molar-refractivity contribution in [3.8, 4) is 0 Å². The van der Waals surface area contributed by atoms with E-state index >= 15 is 0 Å². The topological polar surface area (TPSA) is 122 Å². The molecule has 0 spiro atoms. The lowest BCUT2D eigenvalue weighted by molar-refractivity contribution is -0.384. The molecular weight excluding hydrogens is 375 g/mol. The van der Waals surface area contributed by atoms with Gasteiger partial charge in [0.2, 0.25) is 0 Å². The van der Waals surface area contributed by atoms with Crippen molar-refractivity contribution in [2.75, 3.05) is 31.2 Å². The molecule has 0 aromatic heterocycles. The molecule has 0 bridgehead atoms. The van der Waals surface area contributed by atoms with Crippen LogP contribution in [-0.4, -0.2) is 60.4 Å². The number of nitro benzene ring substituents is 1. The number of carbonyl (C=O) groups is 2. The fourth-order valence-electron chi connectivity index (χ4n) is 2.65. The molecule has 27 heavy (non-hydrogen) atoms. The van der Waals surface area contributed by atoms with Crippen LogP contribution in [0, 0.1) is 10.1 Å². The summed E-state index contributed by atoms with van der Waals surface area (Å²) in [5.74, 6) is -3.00. The molecular formula is C15H16F3N3O6. The highest BCUT2D eigenvalue weighted by molar-refractivity contribution is 6.03. The molecule has 12 heteroatoms. The van der Waals surface area contributed by atoms with Crippen LogP contribution in [0.15, 0.2) is 18.2 Å². The zero-order valence-electron chi connectivity index (χ0n) is 13.9. The molecule has 0 aliphatic carbocycles. The summed E-state index contributed by atoms with van der Waals surface area (Å²) in [6, 6.07) is 1.34. The van der Waals surface area contributed by atoms with Gasteiger partial charge in [0.1, 0.15) is 11.7 Å². The molecule has 2 N–H and O–H groups in total. The van der Waals surface area contributed by atoms with E-state index in [9.17, 15) is 32.9 Å². The number of para-hydroxylation sites is 1. The highest BCUT2D eigenvalue weighted by atomic mass is 19.4. The summed E-state index contributed by atoms with van der Waals surface area (Å²) in [4.78, 5) is 35.6. The van der Waals surface area contributed by atoms with Crippen LogP contribution in [0.25, 0.3) is 0 Å². The lowest BCUT2D eigenvalue weighted by Crippen LogP contribution is -2.44. The van der Waals surface area contributed by atoms with E-state index in [1.165, 1.54) is 17.0 Å². The molecule has 1 atom stereocenters. The maximum absolute atomic E-state index is 12.5. The standard InChI is InChI=1S/C15H16F3N3O6/c16-15(17,18)8-10(14(23)24)19-13(22)9-2-1-3-11(21(25)26)12(9)20-4-6-27-7-5-20/h1-3,10H,4-8H2,(H,19,22)(H,23,24). The largest absolute Gasteiger partial charge is 0.480 e. The van der Waals surface area contributed by atoms with Crippen molar-refractivity contribution in [3.63, 3.8) is 0 Å². The molecule has 2 rings (SSSR count). The van der Waals surface area contributed by atoms with Gasteiger partial charge in [-0.25, -0.2) is 4.79 Å². The van der Waals surface area contributed by atoms with Gasteiger partial charge in [-0.15, -0.1) is 0 Å². The smallest absolute Gasteiger partial charge is 0.391 e. The zero-order valence-corrected chi connectivity index (χ0v) is 13.9. The summed E-state index contributed by atoms with van der Waals surface area (Å²) in [6.07, 6.45) is -6.58. The molecule has 1 aliphatic rings. The molecule has 1 heterocycles. The number of morpholine rings is 1. The van der Waals surface area contributed by atoms with Crippen molar-refractivity contribution in [2.24, 2.45) is 0 Å². The Bertz CT molecular complexity index is 734. The molecule has 1 saturated heterocycles. The monoisotopic (exact) mass is 391 g/mol. The second-order valence-corrected chi connectivity index (χ2v) is 5.71. The van der Waals surface area contributed by atoms with Crippen LogP contribution in [0.3, 0.4) is 0 Å². The second-order valence-electron chi connectivity index (χ2n) is 5.71. The van der Waals surface area contributed by atoms with E-state index in [-0.39, 0.29) is 37.6 Å². The Labute approximate surface area is 150 Å². The number of nitro groups is 1. The number of carbonyl (C=O) groups excluding carboxylic acids is 1. The molecule has 148 valence electrons. The highest BCUT2D eigenvalue weighted by Crippen LogP contribution is 2.33. The van der Waals surface area contributed by atoms with Gasteiger partial charge >= 0.3 is 12.1 Å². The molecule has 1 unspecified atom stereocenters. The minimum Gasteiger partial charge on any atom is -0.480 e. The molecule has 0 radical (unpaired) electrons. The number of amides is 1. The number of ether oxygens (including phenoxy) is 1. The maximum atomic E-state index is 12.5. The van der Waals surface area contributed by atoms with Crippen molar-refractivity contribution in [1.29, 1.82) is 0 Å². The van der Waals surface area contributed by atoms with Crippen LogP contribution < -0.4 is 10.2 Å². The Balaban J connectivity index is 2.38. The van der Waals surface area contributed by atoms with Crippen molar-refractivity contribution >= 4 is 23.3 Å². The molecule has 0 saturated carbocycles. The van der Waals surface area contributed by atoms with Gasteiger partial charge < -0.3 is 20.1 Å². The molecule has 1 fully saturated rings. The van der Waals surface area contributed by atoms with Crippen molar-refractivity contribution in [2.45, 2.75) is 18.6 Å². The number of hydrogen-bond acceptors (Lipinski definition) is 6. The van der Waals surface area contributed by atoms with Gasteiger partial charge in [-0.1, -0.05) is 6.07 Å². The van der Waals surface area contributed by atoms with Gasteiger partial charge in [0, 0.05) is 19.2 Å². The van der Waals surface area contributed by atoms with E-state index in [1.54, 1.807) is 5.32 Å². The summed E-state index contributed by atoms with van der Waals surface area (Å²) in [7, 11) is 0. The molecule has 1 aromatic carbocycles. The molecule has 1 amide bonds. The van der Waals surface area contributed by atoms with Gasteiger partial charge in [0.25, 0.3) is 11.6 Å². The van der Waals surface area contributed by atoms with E-state index in [0.29, 0.717) is 0 Å². The number of carboxylic acid groups (broad SMARTS) is 1. The van der Waals surface area contributed by atoms with E-state index in [1.807, 2.05) is 0 Å².